The molecule has 0 aliphatic heterocycles. The van der Waals surface area contributed by atoms with Gasteiger partial charge in [-0.3, -0.25) is 10.1 Å². The van der Waals surface area contributed by atoms with Crippen molar-refractivity contribution in [1.29, 1.82) is 0 Å². The molecule has 1 atom stereocenters. The van der Waals surface area contributed by atoms with Crippen molar-refractivity contribution in [1.82, 2.24) is 4.72 Å². The average molecular weight is 302 g/mol. The molecule has 1 rings (SSSR count). The molecule has 7 nitrogen and oxygen atoms in total. The molecular weight excluding hydrogens is 284 g/mol. The number of non-ortho nitro benzene ring substituents is 1. The topological polar surface area (TPSA) is 110 Å². The Kier molecular flexibility index (Phi) is 5.61. The van der Waals surface area contributed by atoms with Gasteiger partial charge in [0.25, 0.3) is 5.69 Å². The summed E-state index contributed by atoms with van der Waals surface area (Å²) in [5.41, 5.74) is 0.161. The Balaban J connectivity index is 3.06. The molecule has 1 unspecified atom stereocenters. The van der Waals surface area contributed by atoms with Crippen LogP contribution in [-0.2, 0) is 10.0 Å². The van der Waals surface area contributed by atoms with Crippen LogP contribution in [0.3, 0.4) is 0 Å². The number of hydrogen-bond donors (Lipinski definition) is 2. The Morgan fingerprint density at radius 3 is 2.55 bits per heavy atom. The van der Waals surface area contributed by atoms with Crippen LogP contribution in [0.4, 0.5) is 5.69 Å². The van der Waals surface area contributed by atoms with Gasteiger partial charge in [0.2, 0.25) is 10.0 Å². The van der Waals surface area contributed by atoms with Gasteiger partial charge in [-0.15, -0.1) is 0 Å². The minimum absolute atomic E-state index is 0.0134. The summed E-state index contributed by atoms with van der Waals surface area (Å²) < 4.78 is 26.9. The van der Waals surface area contributed by atoms with E-state index in [9.17, 15) is 18.5 Å². The minimum atomic E-state index is -3.75. The van der Waals surface area contributed by atoms with Gasteiger partial charge in [0.1, 0.15) is 0 Å². The van der Waals surface area contributed by atoms with E-state index in [-0.39, 0.29) is 23.2 Å². The third-order valence-corrected chi connectivity index (χ3v) is 4.63. The molecule has 0 fully saturated rings. The van der Waals surface area contributed by atoms with Gasteiger partial charge in [-0.25, -0.2) is 13.1 Å². The number of hydrogen-bond acceptors (Lipinski definition) is 5. The molecule has 8 heteroatoms. The third-order valence-electron chi connectivity index (χ3n) is 2.95. The van der Waals surface area contributed by atoms with Crippen LogP contribution in [0.5, 0.6) is 0 Å². The number of aliphatic hydroxyl groups excluding tert-OH is 1. The van der Waals surface area contributed by atoms with Gasteiger partial charge >= 0.3 is 0 Å². The van der Waals surface area contributed by atoms with Crippen LogP contribution >= 0.6 is 0 Å². The normalized spacial score (nSPS) is 13.2. The highest BCUT2D eigenvalue weighted by Crippen LogP contribution is 2.21. The standard InChI is InChI=1S/C12H18N2O5S/c1-3-10(6-7-15)13-20(18,19)12-5-4-11(14(16)17)8-9(12)2/h4-5,8,10,13,15H,3,6-7H2,1-2H3. The van der Waals surface area contributed by atoms with Crippen molar-refractivity contribution in [3.8, 4) is 0 Å². The van der Waals surface area contributed by atoms with E-state index >= 15 is 0 Å². The highest BCUT2D eigenvalue weighted by atomic mass is 32.2. The number of aliphatic hydroxyl groups is 1. The largest absolute Gasteiger partial charge is 0.396 e. The molecule has 112 valence electrons. The van der Waals surface area contributed by atoms with Crippen LogP contribution in [0.2, 0.25) is 0 Å². The summed E-state index contributed by atoms with van der Waals surface area (Å²) in [5.74, 6) is 0. The molecule has 0 saturated carbocycles. The summed E-state index contributed by atoms with van der Waals surface area (Å²) in [7, 11) is -3.75. The lowest BCUT2D eigenvalue weighted by molar-refractivity contribution is -0.385. The molecule has 0 bridgehead atoms. The highest BCUT2D eigenvalue weighted by molar-refractivity contribution is 7.89. The zero-order valence-electron chi connectivity index (χ0n) is 11.4. The number of aryl methyl sites for hydroxylation is 1. The fourth-order valence-corrected chi connectivity index (χ4v) is 3.41. The van der Waals surface area contributed by atoms with Gasteiger partial charge in [-0.2, -0.15) is 0 Å². The second-order valence-electron chi connectivity index (χ2n) is 4.45. The number of nitro groups is 1. The highest BCUT2D eigenvalue weighted by Gasteiger charge is 2.22. The molecule has 2 N–H and O–H groups in total. The average Bonchev–Trinajstić information content (AvgIpc) is 2.37. The lowest BCUT2D eigenvalue weighted by Gasteiger charge is -2.16. The quantitative estimate of drug-likeness (QED) is 0.583. The second kappa shape index (κ2) is 6.78. The van der Waals surface area contributed by atoms with E-state index < -0.39 is 14.9 Å². The van der Waals surface area contributed by atoms with E-state index in [1.165, 1.54) is 19.1 Å². The number of sulfonamides is 1. The number of nitrogens with one attached hydrogen (secondary N) is 1. The van der Waals surface area contributed by atoms with Gasteiger partial charge in [0, 0.05) is 24.8 Å². The molecule has 0 aromatic heterocycles. The summed E-state index contributed by atoms with van der Waals surface area (Å²) in [4.78, 5) is 10.1. The molecule has 0 aliphatic rings. The molecule has 1 aromatic carbocycles. The maximum Gasteiger partial charge on any atom is 0.269 e. The zero-order chi connectivity index (χ0) is 15.3. The minimum Gasteiger partial charge on any atom is -0.396 e. The number of rotatable bonds is 7. The Morgan fingerprint density at radius 2 is 2.10 bits per heavy atom. The van der Waals surface area contributed by atoms with Crippen molar-refractivity contribution >= 4 is 15.7 Å². The second-order valence-corrected chi connectivity index (χ2v) is 6.13. The Labute approximate surface area is 117 Å². The monoisotopic (exact) mass is 302 g/mol. The van der Waals surface area contributed by atoms with Crippen LogP contribution < -0.4 is 4.72 Å². The van der Waals surface area contributed by atoms with Gasteiger partial charge < -0.3 is 5.11 Å². The molecule has 0 aliphatic carbocycles. The number of nitrogens with zero attached hydrogens (tertiary/aromatic N) is 1. The molecule has 20 heavy (non-hydrogen) atoms. The van der Waals surface area contributed by atoms with E-state index in [4.69, 9.17) is 5.11 Å². The predicted octanol–water partition coefficient (Wildman–Crippen LogP) is 1.34. The van der Waals surface area contributed by atoms with Crippen LogP contribution in [0.25, 0.3) is 0 Å². The van der Waals surface area contributed by atoms with Crippen LogP contribution in [0, 0.1) is 17.0 Å². The smallest absolute Gasteiger partial charge is 0.269 e. The van der Waals surface area contributed by atoms with Crippen molar-refractivity contribution in [2.75, 3.05) is 6.61 Å². The van der Waals surface area contributed by atoms with Gasteiger partial charge in [0.15, 0.2) is 0 Å². The fraction of sp³-hybridized carbons (Fsp3) is 0.500. The number of benzene rings is 1. The lowest BCUT2D eigenvalue weighted by atomic mass is 10.2. The van der Waals surface area contributed by atoms with Crippen molar-refractivity contribution in [3.63, 3.8) is 0 Å². The molecule has 0 radical (unpaired) electrons. The van der Waals surface area contributed by atoms with Crippen molar-refractivity contribution in [2.24, 2.45) is 0 Å². The van der Waals surface area contributed by atoms with Crippen LogP contribution in [0.1, 0.15) is 25.3 Å². The van der Waals surface area contributed by atoms with Crippen molar-refractivity contribution < 1.29 is 18.4 Å². The Bertz CT molecular complexity index is 586. The maximum atomic E-state index is 12.2. The third kappa shape index (κ3) is 3.99. The first-order valence-corrected chi connectivity index (χ1v) is 7.68. The predicted molar refractivity (Wildman–Crippen MR) is 73.9 cm³/mol. The van der Waals surface area contributed by atoms with Gasteiger partial charge in [-0.05, 0) is 31.4 Å². The summed E-state index contributed by atoms with van der Waals surface area (Å²) in [5, 5.41) is 19.5. The summed E-state index contributed by atoms with van der Waals surface area (Å²) in [6, 6.07) is 3.25. The molecule has 0 saturated heterocycles. The molecule has 0 amide bonds. The molecule has 0 spiro atoms. The number of nitro benzene ring substituents is 1. The molecule has 1 aromatic rings. The van der Waals surface area contributed by atoms with Gasteiger partial charge in [0.05, 0.1) is 9.82 Å². The summed E-state index contributed by atoms with van der Waals surface area (Å²) in [6.45, 7) is 3.21. The maximum absolute atomic E-state index is 12.2. The van der Waals surface area contributed by atoms with Crippen molar-refractivity contribution in [3.05, 3.63) is 33.9 Å². The van der Waals surface area contributed by atoms with E-state index in [0.29, 0.717) is 18.4 Å². The van der Waals surface area contributed by atoms with E-state index in [1.807, 2.05) is 6.92 Å². The lowest BCUT2D eigenvalue weighted by Crippen LogP contribution is -2.35. The van der Waals surface area contributed by atoms with E-state index in [2.05, 4.69) is 4.72 Å². The first kappa shape index (κ1) is 16.5. The van der Waals surface area contributed by atoms with Crippen LogP contribution in [-0.4, -0.2) is 31.1 Å². The Hall–Kier alpha value is -1.51. The zero-order valence-corrected chi connectivity index (χ0v) is 12.2. The SMILES string of the molecule is CCC(CCO)NS(=O)(=O)c1ccc([N+](=O)[O-])cc1C. The molecule has 0 heterocycles. The van der Waals surface area contributed by atoms with Crippen molar-refractivity contribution in [2.45, 2.75) is 37.6 Å². The van der Waals surface area contributed by atoms with Gasteiger partial charge in [-0.1, -0.05) is 6.92 Å². The molecular formula is C12H18N2O5S. The first-order valence-electron chi connectivity index (χ1n) is 6.20. The van der Waals surface area contributed by atoms with E-state index in [0.717, 1.165) is 6.07 Å². The van der Waals surface area contributed by atoms with E-state index in [1.54, 1.807) is 0 Å². The summed E-state index contributed by atoms with van der Waals surface area (Å²) >= 11 is 0. The fourth-order valence-electron chi connectivity index (χ4n) is 1.83. The van der Waals surface area contributed by atoms with Crippen LogP contribution in [0.15, 0.2) is 23.1 Å². The Morgan fingerprint density at radius 1 is 1.45 bits per heavy atom. The summed E-state index contributed by atoms with van der Waals surface area (Å²) in [6.07, 6.45) is 0.869. The first-order chi connectivity index (χ1) is 9.31.